The maximum absolute atomic E-state index is 12.3. The summed E-state index contributed by atoms with van der Waals surface area (Å²) in [5.41, 5.74) is 0. The van der Waals surface area contributed by atoms with Crippen LogP contribution in [-0.2, 0) is 4.79 Å². The van der Waals surface area contributed by atoms with Crippen LogP contribution in [0.25, 0.3) is 0 Å². The molecule has 2 aliphatic rings. The molecule has 1 aromatic heterocycles. The number of carbonyl (C=O) groups is 1. The van der Waals surface area contributed by atoms with Crippen molar-refractivity contribution in [3.8, 4) is 0 Å². The van der Waals surface area contributed by atoms with Gasteiger partial charge < -0.3 is 10.0 Å². The molecule has 0 unspecified atom stereocenters. The van der Waals surface area contributed by atoms with E-state index in [-0.39, 0.29) is 17.9 Å². The highest BCUT2D eigenvalue weighted by atomic mass is 32.1. The Morgan fingerprint density at radius 2 is 2.16 bits per heavy atom. The van der Waals surface area contributed by atoms with Crippen molar-refractivity contribution >= 4 is 17.2 Å². The van der Waals surface area contributed by atoms with E-state index in [0.29, 0.717) is 11.8 Å². The molecule has 0 bridgehead atoms. The number of hydrogen-bond acceptors (Lipinski definition) is 3. The Kier molecular flexibility index (Phi) is 3.39. The zero-order chi connectivity index (χ0) is 13.6. The van der Waals surface area contributed by atoms with Crippen LogP contribution in [0.1, 0.15) is 34.9 Å². The maximum Gasteiger partial charge on any atom is 0.226 e. The molecule has 1 amide bonds. The molecule has 2 fully saturated rings. The third-order valence-corrected chi connectivity index (χ3v) is 5.49. The second-order valence-corrected chi connectivity index (χ2v) is 7.43. The lowest BCUT2D eigenvalue weighted by Crippen LogP contribution is -2.40. The van der Waals surface area contributed by atoms with Gasteiger partial charge in [0.1, 0.15) is 0 Å². The summed E-state index contributed by atoms with van der Waals surface area (Å²) in [6, 6.07) is 4.31. The van der Waals surface area contributed by atoms with Crippen LogP contribution in [0.2, 0.25) is 0 Å². The zero-order valence-corrected chi connectivity index (χ0v) is 12.3. The van der Waals surface area contributed by atoms with Crippen LogP contribution in [0.5, 0.6) is 0 Å². The second kappa shape index (κ2) is 4.91. The fourth-order valence-corrected chi connectivity index (χ4v) is 4.10. The second-order valence-electron chi connectivity index (χ2n) is 6.11. The van der Waals surface area contributed by atoms with E-state index in [2.05, 4.69) is 19.1 Å². The number of thiophene rings is 1. The molecule has 1 aromatic rings. The van der Waals surface area contributed by atoms with Crippen molar-refractivity contribution in [2.75, 3.05) is 13.6 Å². The van der Waals surface area contributed by atoms with Crippen LogP contribution in [0.3, 0.4) is 0 Å². The number of aryl methyl sites for hydroxylation is 1. The van der Waals surface area contributed by atoms with E-state index in [1.807, 2.05) is 23.3 Å². The maximum atomic E-state index is 12.3. The molecule has 2 aliphatic carbocycles. The molecule has 19 heavy (non-hydrogen) atoms. The van der Waals surface area contributed by atoms with Crippen LogP contribution in [-0.4, -0.2) is 35.6 Å². The Morgan fingerprint density at radius 3 is 2.74 bits per heavy atom. The van der Waals surface area contributed by atoms with Gasteiger partial charge in [-0.25, -0.2) is 0 Å². The normalized spacial score (nSPS) is 32.8. The highest BCUT2D eigenvalue weighted by molar-refractivity contribution is 7.12. The molecule has 0 aliphatic heterocycles. The average molecular weight is 279 g/mol. The molecule has 2 saturated carbocycles. The van der Waals surface area contributed by atoms with Crippen molar-refractivity contribution in [1.82, 2.24) is 4.90 Å². The van der Waals surface area contributed by atoms with Gasteiger partial charge in [-0.2, -0.15) is 0 Å². The summed E-state index contributed by atoms with van der Waals surface area (Å²) < 4.78 is 0. The fraction of sp³-hybridized carbons (Fsp3) is 0.667. The highest BCUT2D eigenvalue weighted by Gasteiger charge is 2.46. The van der Waals surface area contributed by atoms with Crippen molar-refractivity contribution < 1.29 is 9.90 Å². The van der Waals surface area contributed by atoms with Crippen molar-refractivity contribution in [1.29, 1.82) is 0 Å². The summed E-state index contributed by atoms with van der Waals surface area (Å²) in [7, 11) is 1.90. The minimum absolute atomic E-state index is 0.128. The van der Waals surface area contributed by atoms with E-state index in [0.717, 1.165) is 25.8 Å². The number of nitrogens with zero attached hydrogens (tertiary/aromatic N) is 1. The number of rotatable bonds is 4. The van der Waals surface area contributed by atoms with Gasteiger partial charge >= 0.3 is 0 Å². The third-order valence-electron chi connectivity index (χ3n) is 4.35. The van der Waals surface area contributed by atoms with Crippen molar-refractivity contribution in [2.45, 2.75) is 38.2 Å². The molecular weight excluding hydrogens is 258 g/mol. The number of aliphatic hydroxyl groups is 1. The van der Waals surface area contributed by atoms with Crippen LogP contribution in [0, 0.1) is 18.8 Å². The minimum Gasteiger partial charge on any atom is -0.393 e. The van der Waals surface area contributed by atoms with Gasteiger partial charge in [-0.15, -0.1) is 11.3 Å². The van der Waals surface area contributed by atoms with E-state index < -0.39 is 0 Å². The lowest BCUT2D eigenvalue weighted by molar-refractivity contribution is -0.133. The van der Waals surface area contributed by atoms with Gasteiger partial charge in [0.05, 0.1) is 6.10 Å². The molecule has 0 saturated heterocycles. The van der Waals surface area contributed by atoms with E-state index in [1.165, 1.54) is 9.75 Å². The van der Waals surface area contributed by atoms with Gasteiger partial charge in [0, 0.05) is 35.2 Å². The molecule has 0 aromatic carbocycles. The van der Waals surface area contributed by atoms with Crippen LogP contribution in [0.15, 0.2) is 12.1 Å². The molecule has 104 valence electrons. The Hall–Kier alpha value is -0.870. The van der Waals surface area contributed by atoms with Gasteiger partial charge in [0.25, 0.3) is 0 Å². The van der Waals surface area contributed by atoms with Crippen molar-refractivity contribution in [2.24, 2.45) is 11.8 Å². The van der Waals surface area contributed by atoms with E-state index in [4.69, 9.17) is 0 Å². The zero-order valence-electron chi connectivity index (χ0n) is 11.5. The average Bonchev–Trinajstić information content (AvgIpc) is 3.02. The monoisotopic (exact) mass is 279 g/mol. The standard InChI is InChI=1S/C15H21NO2S/c1-9-3-4-14(19-9)12-7-13(12)15(18)16(2)8-10-5-11(17)6-10/h3-4,10-13,17H,5-8H2,1-2H3/t10?,11?,12-,13-/m0/s1. The molecule has 3 nitrogen and oxygen atoms in total. The Labute approximate surface area is 118 Å². The van der Waals surface area contributed by atoms with Gasteiger partial charge in [-0.05, 0) is 44.2 Å². The van der Waals surface area contributed by atoms with Gasteiger partial charge in [-0.3, -0.25) is 4.79 Å². The first kappa shape index (κ1) is 13.1. The van der Waals surface area contributed by atoms with E-state index in [9.17, 15) is 9.90 Å². The summed E-state index contributed by atoms with van der Waals surface area (Å²) >= 11 is 1.82. The predicted octanol–water partition coefficient (Wildman–Crippen LogP) is 2.39. The molecule has 4 heteroatoms. The quantitative estimate of drug-likeness (QED) is 0.919. The summed E-state index contributed by atoms with van der Waals surface area (Å²) in [6.45, 7) is 2.92. The molecule has 1 heterocycles. The summed E-state index contributed by atoms with van der Waals surface area (Å²) in [5.74, 6) is 1.45. The number of carbonyl (C=O) groups excluding carboxylic acids is 1. The minimum atomic E-state index is -0.128. The first-order valence-corrected chi connectivity index (χ1v) is 7.85. The topological polar surface area (TPSA) is 40.5 Å². The van der Waals surface area contributed by atoms with Crippen LogP contribution >= 0.6 is 11.3 Å². The van der Waals surface area contributed by atoms with Gasteiger partial charge in [-0.1, -0.05) is 0 Å². The summed E-state index contributed by atoms with van der Waals surface area (Å²) in [5, 5.41) is 9.28. The third kappa shape index (κ3) is 2.70. The summed E-state index contributed by atoms with van der Waals surface area (Å²) in [4.78, 5) is 16.9. The van der Waals surface area contributed by atoms with E-state index >= 15 is 0 Å². The Bertz CT molecular complexity index is 478. The van der Waals surface area contributed by atoms with Gasteiger partial charge in [0.2, 0.25) is 5.91 Å². The Balaban J connectivity index is 1.51. The Morgan fingerprint density at radius 1 is 1.42 bits per heavy atom. The highest BCUT2D eigenvalue weighted by Crippen LogP contribution is 2.50. The molecule has 1 N–H and O–H groups in total. The van der Waals surface area contributed by atoms with E-state index in [1.54, 1.807) is 0 Å². The van der Waals surface area contributed by atoms with Gasteiger partial charge in [0.15, 0.2) is 0 Å². The first-order chi connectivity index (χ1) is 9.04. The number of aliphatic hydroxyl groups excluding tert-OH is 1. The number of amides is 1. The fourth-order valence-electron chi connectivity index (χ4n) is 3.05. The lowest BCUT2D eigenvalue weighted by atomic mass is 9.82. The van der Waals surface area contributed by atoms with Crippen molar-refractivity contribution in [3.63, 3.8) is 0 Å². The van der Waals surface area contributed by atoms with Crippen LogP contribution in [0.4, 0.5) is 0 Å². The summed E-state index contributed by atoms with van der Waals surface area (Å²) in [6.07, 6.45) is 2.60. The lowest BCUT2D eigenvalue weighted by Gasteiger charge is -2.34. The van der Waals surface area contributed by atoms with Crippen LogP contribution < -0.4 is 0 Å². The number of hydrogen-bond donors (Lipinski definition) is 1. The van der Waals surface area contributed by atoms with Crippen molar-refractivity contribution in [3.05, 3.63) is 21.9 Å². The molecule has 3 rings (SSSR count). The predicted molar refractivity (Wildman–Crippen MR) is 76.3 cm³/mol. The smallest absolute Gasteiger partial charge is 0.226 e. The molecular formula is C15H21NO2S. The molecule has 0 spiro atoms. The molecule has 2 atom stereocenters. The molecule has 0 radical (unpaired) electrons. The SMILES string of the molecule is Cc1ccc([C@H]2C[C@@H]2C(=O)N(C)CC2CC(O)C2)s1. The first-order valence-electron chi connectivity index (χ1n) is 7.04. The largest absolute Gasteiger partial charge is 0.393 e.